The quantitative estimate of drug-likeness (QED) is 0.587. The number of carboxylic acid groups (broad SMARTS) is 1. The fourth-order valence-electron chi connectivity index (χ4n) is 4.03. The number of carbonyl (C=O) groups excluding carboxylic acids is 1. The molecule has 1 aliphatic rings. The van der Waals surface area contributed by atoms with Gasteiger partial charge in [-0.25, -0.2) is 9.18 Å². The van der Waals surface area contributed by atoms with Gasteiger partial charge >= 0.3 is 12.1 Å². The van der Waals surface area contributed by atoms with Gasteiger partial charge in [0.25, 0.3) is 0 Å². The molecular formula is C25H22FNO4. The van der Waals surface area contributed by atoms with E-state index >= 15 is 0 Å². The third-order valence-corrected chi connectivity index (χ3v) is 5.61. The number of amides is 1. The number of ether oxygens (including phenoxy) is 1. The SMILES string of the molecule is O=C(NC[C@H](Cc1ccccc1F)C(=O)O)OCC1c2ccccc2-c2ccccc21. The van der Waals surface area contributed by atoms with Crippen LogP contribution < -0.4 is 5.32 Å². The molecule has 0 unspecified atom stereocenters. The minimum Gasteiger partial charge on any atom is -0.481 e. The zero-order chi connectivity index (χ0) is 21.8. The van der Waals surface area contributed by atoms with Crippen molar-refractivity contribution in [2.24, 2.45) is 5.92 Å². The van der Waals surface area contributed by atoms with E-state index in [1.165, 1.54) is 6.07 Å². The first-order chi connectivity index (χ1) is 15.0. The van der Waals surface area contributed by atoms with E-state index in [2.05, 4.69) is 17.4 Å². The molecule has 0 saturated carbocycles. The molecule has 3 aromatic carbocycles. The van der Waals surface area contributed by atoms with Crippen LogP contribution in [0.2, 0.25) is 0 Å². The largest absolute Gasteiger partial charge is 0.481 e. The number of nitrogens with one attached hydrogen (secondary N) is 1. The van der Waals surface area contributed by atoms with Crippen LogP contribution in [0.3, 0.4) is 0 Å². The van der Waals surface area contributed by atoms with Crippen LogP contribution in [0.25, 0.3) is 11.1 Å². The van der Waals surface area contributed by atoms with Crippen molar-refractivity contribution >= 4 is 12.1 Å². The van der Waals surface area contributed by atoms with E-state index in [1.54, 1.807) is 18.2 Å². The number of fused-ring (bicyclic) bond motifs is 3. The number of halogens is 1. The Bertz CT molecular complexity index is 1070. The van der Waals surface area contributed by atoms with Crippen LogP contribution in [0.5, 0.6) is 0 Å². The lowest BCUT2D eigenvalue weighted by atomic mass is 9.98. The molecular weight excluding hydrogens is 397 g/mol. The van der Waals surface area contributed by atoms with E-state index in [9.17, 15) is 19.1 Å². The molecule has 158 valence electrons. The third-order valence-electron chi connectivity index (χ3n) is 5.61. The summed E-state index contributed by atoms with van der Waals surface area (Å²) >= 11 is 0. The van der Waals surface area contributed by atoms with Crippen LogP contribution >= 0.6 is 0 Å². The Labute approximate surface area is 179 Å². The fraction of sp³-hybridized carbons (Fsp3) is 0.200. The van der Waals surface area contributed by atoms with Crippen molar-refractivity contribution in [3.63, 3.8) is 0 Å². The van der Waals surface area contributed by atoms with Gasteiger partial charge in [-0.2, -0.15) is 0 Å². The number of hydrogen-bond acceptors (Lipinski definition) is 3. The first kappa shape index (κ1) is 20.6. The van der Waals surface area contributed by atoms with E-state index in [-0.39, 0.29) is 25.5 Å². The molecule has 0 heterocycles. The maximum atomic E-state index is 13.8. The average Bonchev–Trinajstić information content (AvgIpc) is 3.10. The number of carboxylic acids is 1. The molecule has 6 heteroatoms. The highest BCUT2D eigenvalue weighted by molar-refractivity contribution is 5.79. The van der Waals surface area contributed by atoms with Crippen molar-refractivity contribution in [1.29, 1.82) is 0 Å². The second kappa shape index (κ2) is 9.00. The molecule has 5 nitrogen and oxygen atoms in total. The van der Waals surface area contributed by atoms with Gasteiger partial charge in [-0.05, 0) is 40.3 Å². The monoisotopic (exact) mass is 419 g/mol. The van der Waals surface area contributed by atoms with E-state index < -0.39 is 23.8 Å². The molecule has 0 radical (unpaired) electrons. The Balaban J connectivity index is 1.37. The van der Waals surface area contributed by atoms with Gasteiger partial charge in [-0.15, -0.1) is 0 Å². The lowest BCUT2D eigenvalue weighted by molar-refractivity contribution is -0.141. The van der Waals surface area contributed by atoms with Crippen molar-refractivity contribution < 1.29 is 23.8 Å². The highest BCUT2D eigenvalue weighted by Gasteiger charge is 2.29. The number of alkyl carbamates (subject to hydrolysis) is 1. The van der Waals surface area contributed by atoms with Gasteiger partial charge in [-0.3, -0.25) is 4.79 Å². The first-order valence-corrected chi connectivity index (χ1v) is 10.1. The number of carbonyl (C=O) groups is 2. The summed E-state index contributed by atoms with van der Waals surface area (Å²) in [5, 5.41) is 12.0. The molecule has 1 atom stereocenters. The molecule has 0 fully saturated rings. The standard InChI is InChI=1S/C25H22FNO4/c26-23-12-6-1-7-16(23)13-17(24(28)29)14-27-25(30)31-15-22-20-10-4-2-8-18(20)19-9-3-5-11-21(19)22/h1-12,17,22H,13-15H2,(H,27,30)(H,28,29)/t17-/m0/s1. The minimum absolute atomic E-state index is 0.0222. The second-order valence-corrected chi connectivity index (χ2v) is 7.54. The summed E-state index contributed by atoms with van der Waals surface area (Å²) < 4.78 is 19.3. The molecule has 0 bridgehead atoms. The molecule has 31 heavy (non-hydrogen) atoms. The molecule has 3 aromatic rings. The number of hydrogen-bond donors (Lipinski definition) is 2. The predicted octanol–water partition coefficient (Wildman–Crippen LogP) is 4.61. The zero-order valence-electron chi connectivity index (χ0n) is 16.8. The lowest BCUT2D eigenvalue weighted by Gasteiger charge is -2.16. The number of aliphatic carboxylic acids is 1. The summed E-state index contributed by atoms with van der Waals surface area (Å²) in [6.45, 7) is -0.00868. The number of benzene rings is 3. The summed E-state index contributed by atoms with van der Waals surface area (Å²) in [6.07, 6.45) is -0.715. The van der Waals surface area contributed by atoms with E-state index in [0.29, 0.717) is 5.56 Å². The van der Waals surface area contributed by atoms with E-state index in [4.69, 9.17) is 4.74 Å². The molecule has 2 N–H and O–H groups in total. The van der Waals surface area contributed by atoms with Crippen LogP contribution in [0, 0.1) is 11.7 Å². The summed E-state index contributed by atoms with van der Waals surface area (Å²) in [4.78, 5) is 23.8. The fourth-order valence-corrected chi connectivity index (χ4v) is 4.03. The van der Waals surface area contributed by atoms with E-state index in [0.717, 1.165) is 22.3 Å². The topological polar surface area (TPSA) is 75.6 Å². The van der Waals surface area contributed by atoms with Gasteiger partial charge in [-0.1, -0.05) is 66.7 Å². The van der Waals surface area contributed by atoms with Crippen LogP contribution in [-0.2, 0) is 16.0 Å². The van der Waals surface area contributed by atoms with Crippen molar-refractivity contribution in [1.82, 2.24) is 5.32 Å². The van der Waals surface area contributed by atoms with Gasteiger partial charge in [0.15, 0.2) is 0 Å². The molecule has 0 spiro atoms. The molecule has 0 saturated heterocycles. The highest BCUT2D eigenvalue weighted by Crippen LogP contribution is 2.44. The van der Waals surface area contributed by atoms with Gasteiger partial charge < -0.3 is 15.2 Å². The van der Waals surface area contributed by atoms with Crippen molar-refractivity contribution in [3.05, 3.63) is 95.3 Å². The third kappa shape index (κ3) is 4.43. The summed E-state index contributed by atoms with van der Waals surface area (Å²) in [5.74, 6) is -2.61. The van der Waals surface area contributed by atoms with Crippen LogP contribution in [0.1, 0.15) is 22.6 Å². The van der Waals surface area contributed by atoms with Crippen molar-refractivity contribution in [3.8, 4) is 11.1 Å². The Hall–Kier alpha value is -3.67. The Morgan fingerprint density at radius 3 is 2.13 bits per heavy atom. The zero-order valence-corrected chi connectivity index (χ0v) is 16.8. The second-order valence-electron chi connectivity index (χ2n) is 7.54. The van der Waals surface area contributed by atoms with Crippen LogP contribution in [-0.4, -0.2) is 30.3 Å². The molecule has 0 aliphatic heterocycles. The maximum absolute atomic E-state index is 13.8. The van der Waals surface area contributed by atoms with Crippen molar-refractivity contribution in [2.45, 2.75) is 12.3 Å². The normalized spacial score (nSPS) is 13.2. The predicted molar refractivity (Wildman–Crippen MR) is 114 cm³/mol. The molecule has 0 aromatic heterocycles. The van der Waals surface area contributed by atoms with Gasteiger partial charge in [0.1, 0.15) is 12.4 Å². The van der Waals surface area contributed by atoms with Crippen LogP contribution in [0.15, 0.2) is 72.8 Å². The average molecular weight is 419 g/mol. The van der Waals surface area contributed by atoms with E-state index in [1.807, 2.05) is 36.4 Å². The van der Waals surface area contributed by atoms with Gasteiger partial charge in [0.2, 0.25) is 0 Å². The Kier molecular flexibility index (Phi) is 5.98. The minimum atomic E-state index is -1.11. The number of rotatable bonds is 7. The lowest BCUT2D eigenvalue weighted by Crippen LogP contribution is -2.35. The molecule has 1 amide bonds. The summed E-state index contributed by atoms with van der Waals surface area (Å²) in [6, 6.07) is 22.0. The highest BCUT2D eigenvalue weighted by atomic mass is 19.1. The van der Waals surface area contributed by atoms with Gasteiger partial charge in [0.05, 0.1) is 5.92 Å². The summed E-state index contributed by atoms with van der Waals surface area (Å²) in [7, 11) is 0. The molecule has 1 aliphatic carbocycles. The Morgan fingerprint density at radius 2 is 1.52 bits per heavy atom. The summed E-state index contributed by atoms with van der Waals surface area (Å²) in [5.41, 5.74) is 4.74. The van der Waals surface area contributed by atoms with Crippen LogP contribution in [0.4, 0.5) is 9.18 Å². The van der Waals surface area contributed by atoms with Gasteiger partial charge in [0, 0.05) is 12.5 Å². The maximum Gasteiger partial charge on any atom is 0.407 e. The molecule has 4 rings (SSSR count). The smallest absolute Gasteiger partial charge is 0.407 e. The Morgan fingerprint density at radius 1 is 0.935 bits per heavy atom. The van der Waals surface area contributed by atoms with Crippen molar-refractivity contribution in [2.75, 3.05) is 13.2 Å². The first-order valence-electron chi connectivity index (χ1n) is 10.1.